The quantitative estimate of drug-likeness (QED) is 0.551. The predicted octanol–water partition coefficient (Wildman–Crippen LogP) is 5.72. The molecule has 1 atom stereocenters. The number of alkyl halides is 1. The van der Waals surface area contributed by atoms with E-state index >= 15 is 0 Å². The minimum atomic E-state index is 0.180. The Kier molecular flexibility index (Phi) is 4.26. The fourth-order valence-corrected chi connectivity index (χ4v) is 3.26. The summed E-state index contributed by atoms with van der Waals surface area (Å²) >= 11 is 3.84. The lowest BCUT2D eigenvalue weighted by atomic mass is 9.98. The Morgan fingerprint density at radius 3 is 2.38 bits per heavy atom. The van der Waals surface area contributed by atoms with E-state index in [1.54, 1.807) is 0 Å². The van der Waals surface area contributed by atoms with Crippen molar-refractivity contribution in [2.75, 3.05) is 6.61 Å². The highest BCUT2D eigenvalue weighted by molar-refractivity contribution is 9.09. The lowest BCUT2D eigenvalue weighted by Gasteiger charge is -2.14. The SMILES string of the molecule is CCOc1ccc(C(Br)c2cccc3ccccc23)cc1. The molecule has 0 amide bonds. The van der Waals surface area contributed by atoms with Crippen LogP contribution in [0.1, 0.15) is 22.9 Å². The molecule has 21 heavy (non-hydrogen) atoms. The first-order valence-corrected chi connectivity index (χ1v) is 8.05. The third kappa shape index (κ3) is 2.96. The van der Waals surface area contributed by atoms with Crippen molar-refractivity contribution in [3.8, 4) is 5.75 Å². The molecule has 0 aliphatic carbocycles. The minimum absolute atomic E-state index is 0.180. The number of fused-ring (bicyclic) bond motifs is 1. The van der Waals surface area contributed by atoms with Gasteiger partial charge in [0.15, 0.2) is 0 Å². The van der Waals surface area contributed by atoms with Crippen LogP contribution in [0.15, 0.2) is 66.7 Å². The van der Waals surface area contributed by atoms with Crippen LogP contribution >= 0.6 is 15.9 Å². The minimum Gasteiger partial charge on any atom is -0.494 e. The molecule has 0 radical (unpaired) electrons. The van der Waals surface area contributed by atoms with Crippen molar-refractivity contribution in [3.63, 3.8) is 0 Å². The largest absolute Gasteiger partial charge is 0.494 e. The van der Waals surface area contributed by atoms with Crippen molar-refractivity contribution in [2.24, 2.45) is 0 Å². The maximum absolute atomic E-state index is 5.50. The van der Waals surface area contributed by atoms with Crippen molar-refractivity contribution < 1.29 is 4.74 Å². The standard InChI is InChI=1S/C19H17BrO/c1-2-21-16-12-10-15(11-13-16)19(20)18-9-5-7-14-6-3-4-8-17(14)18/h3-13,19H,2H2,1H3. The molecule has 0 fully saturated rings. The molecule has 1 unspecified atom stereocenters. The van der Waals surface area contributed by atoms with Crippen LogP contribution < -0.4 is 4.74 Å². The van der Waals surface area contributed by atoms with Crippen LogP contribution in [0.2, 0.25) is 0 Å². The molecule has 106 valence electrons. The lowest BCUT2D eigenvalue weighted by Crippen LogP contribution is -1.95. The summed E-state index contributed by atoms with van der Waals surface area (Å²) in [4.78, 5) is 0.180. The van der Waals surface area contributed by atoms with E-state index in [1.807, 2.05) is 19.1 Å². The van der Waals surface area contributed by atoms with Gasteiger partial charge in [-0.05, 0) is 41.0 Å². The number of hydrogen-bond donors (Lipinski definition) is 0. The Bertz CT molecular complexity index is 729. The monoisotopic (exact) mass is 340 g/mol. The van der Waals surface area contributed by atoms with Gasteiger partial charge in [-0.1, -0.05) is 70.5 Å². The zero-order chi connectivity index (χ0) is 14.7. The zero-order valence-corrected chi connectivity index (χ0v) is 13.5. The van der Waals surface area contributed by atoms with Gasteiger partial charge in [-0.25, -0.2) is 0 Å². The first-order valence-electron chi connectivity index (χ1n) is 7.14. The molecule has 0 N–H and O–H groups in total. The highest BCUT2D eigenvalue weighted by atomic mass is 79.9. The fourth-order valence-electron chi connectivity index (χ4n) is 2.55. The Hall–Kier alpha value is -1.80. The number of rotatable bonds is 4. The molecule has 0 saturated carbocycles. The summed E-state index contributed by atoms with van der Waals surface area (Å²) in [6, 6.07) is 23.2. The normalized spacial score (nSPS) is 12.3. The fraction of sp³-hybridized carbons (Fsp3) is 0.158. The van der Waals surface area contributed by atoms with Crippen LogP contribution in [0.5, 0.6) is 5.75 Å². The van der Waals surface area contributed by atoms with Crippen LogP contribution in [0.3, 0.4) is 0 Å². The molecule has 0 aromatic heterocycles. The Labute approximate surface area is 133 Å². The second kappa shape index (κ2) is 6.31. The van der Waals surface area contributed by atoms with Gasteiger partial charge in [0.05, 0.1) is 11.4 Å². The first-order chi connectivity index (χ1) is 10.3. The second-order valence-corrected chi connectivity index (χ2v) is 5.85. The van der Waals surface area contributed by atoms with E-state index < -0.39 is 0 Å². The molecule has 2 heteroatoms. The molecule has 3 aromatic carbocycles. The molecular weight excluding hydrogens is 324 g/mol. The molecule has 1 nitrogen and oxygen atoms in total. The van der Waals surface area contributed by atoms with Crippen LogP contribution in [-0.4, -0.2) is 6.61 Å². The Balaban J connectivity index is 1.98. The van der Waals surface area contributed by atoms with Gasteiger partial charge < -0.3 is 4.74 Å². The maximum atomic E-state index is 5.50. The molecular formula is C19H17BrO. The van der Waals surface area contributed by atoms with Crippen molar-refractivity contribution in [2.45, 2.75) is 11.8 Å². The maximum Gasteiger partial charge on any atom is 0.119 e. The van der Waals surface area contributed by atoms with Gasteiger partial charge in [0.25, 0.3) is 0 Å². The second-order valence-electron chi connectivity index (χ2n) is 4.93. The smallest absolute Gasteiger partial charge is 0.119 e. The third-order valence-electron chi connectivity index (χ3n) is 3.58. The van der Waals surface area contributed by atoms with Gasteiger partial charge in [-0.15, -0.1) is 0 Å². The number of benzene rings is 3. The summed E-state index contributed by atoms with van der Waals surface area (Å²) < 4.78 is 5.50. The average Bonchev–Trinajstić information content (AvgIpc) is 2.55. The molecule has 3 aromatic rings. The van der Waals surface area contributed by atoms with E-state index in [9.17, 15) is 0 Å². The van der Waals surface area contributed by atoms with Gasteiger partial charge in [0, 0.05) is 0 Å². The number of ether oxygens (including phenoxy) is 1. The third-order valence-corrected chi connectivity index (χ3v) is 4.60. The van der Waals surface area contributed by atoms with Gasteiger partial charge in [0.2, 0.25) is 0 Å². The molecule has 0 aliphatic rings. The van der Waals surface area contributed by atoms with Crippen LogP contribution in [-0.2, 0) is 0 Å². The first kappa shape index (κ1) is 14.2. The van der Waals surface area contributed by atoms with Gasteiger partial charge >= 0.3 is 0 Å². The van der Waals surface area contributed by atoms with E-state index in [0.29, 0.717) is 6.61 Å². The summed E-state index contributed by atoms with van der Waals surface area (Å²) in [7, 11) is 0. The molecule has 0 saturated heterocycles. The van der Waals surface area contributed by atoms with Crippen molar-refractivity contribution >= 4 is 26.7 Å². The van der Waals surface area contributed by atoms with Crippen molar-refractivity contribution in [3.05, 3.63) is 77.9 Å². The molecule has 0 bridgehead atoms. The van der Waals surface area contributed by atoms with Crippen LogP contribution in [0.25, 0.3) is 10.8 Å². The predicted molar refractivity (Wildman–Crippen MR) is 92.3 cm³/mol. The summed E-state index contributed by atoms with van der Waals surface area (Å²) in [5.74, 6) is 0.916. The summed E-state index contributed by atoms with van der Waals surface area (Å²) in [5.41, 5.74) is 2.52. The van der Waals surface area contributed by atoms with Crippen LogP contribution in [0, 0.1) is 0 Å². The zero-order valence-electron chi connectivity index (χ0n) is 11.9. The Morgan fingerprint density at radius 1 is 0.905 bits per heavy atom. The van der Waals surface area contributed by atoms with E-state index in [4.69, 9.17) is 4.74 Å². The van der Waals surface area contributed by atoms with Crippen molar-refractivity contribution in [1.29, 1.82) is 0 Å². The summed E-state index contributed by atoms with van der Waals surface area (Å²) in [6.07, 6.45) is 0. The van der Waals surface area contributed by atoms with Crippen molar-refractivity contribution in [1.82, 2.24) is 0 Å². The highest BCUT2D eigenvalue weighted by Gasteiger charge is 2.13. The van der Waals surface area contributed by atoms with Gasteiger partial charge in [0.1, 0.15) is 5.75 Å². The van der Waals surface area contributed by atoms with Gasteiger partial charge in [-0.3, -0.25) is 0 Å². The summed E-state index contributed by atoms with van der Waals surface area (Å²) in [6.45, 7) is 2.69. The topological polar surface area (TPSA) is 9.23 Å². The van der Waals surface area contributed by atoms with E-state index in [1.165, 1.54) is 21.9 Å². The van der Waals surface area contributed by atoms with E-state index in [0.717, 1.165) is 5.75 Å². The van der Waals surface area contributed by atoms with E-state index in [2.05, 4.69) is 70.5 Å². The molecule has 0 spiro atoms. The molecule has 3 rings (SSSR count). The highest BCUT2D eigenvalue weighted by Crippen LogP contribution is 2.35. The molecule has 0 aliphatic heterocycles. The average molecular weight is 341 g/mol. The molecule has 0 heterocycles. The van der Waals surface area contributed by atoms with Gasteiger partial charge in [-0.2, -0.15) is 0 Å². The summed E-state index contributed by atoms with van der Waals surface area (Å²) in [5, 5.41) is 2.56. The number of hydrogen-bond acceptors (Lipinski definition) is 1. The Morgan fingerprint density at radius 2 is 1.62 bits per heavy atom. The number of halogens is 1. The van der Waals surface area contributed by atoms with Crippen LogP contribution in [0.4, 0.5) is 0 Å². The van der Waals surface area contributed by atoms with E-state index in [-0.39, 0.29) is 4.83 Å². The lowest BCUT2D eigenvalue weighted by molar-refractivity contribution is 0.340.